The summed E-state index contributed by atoms with van der Waals surface area (Å²) >= 11 is 0. The van der Waals surface area contributed by atoms with E-state index in [-0.39, 0.29) is 24.6 Å². The number of rotatable bonds is 5. The number of nitrogens with one attached hydrogen (secondary N) is 1. The molecule has 1 saturated heterocycles. The second-order valence-electron chi connectivity index (χ2n) is 5.69. The SMILES string of the molecule is CN(C)CCNC(=O)C1CC(=O)N(c2ccc(F)c(F)c2F)C1. The minimum atomic E-state index is -1.63. The van der Waals surface area contributed by atoms with Gasteiger partial charge in [-0.3, -0.25) is 9.59 Å². The summed E-state index contributed by atoms with van der Waals surface area (Å²) in [6.45, 7) is 1.01. The molecular weight excluding hydrogens is 311 g/mol. The van der Waals surface area contributed by atoms with E-state index in [4.69, 9.17) is 0 Å². The third-order valence-electron chi connectivity index (χ3n) is 3.66. The second-order valence-corrected chi connectivity index (χ2v) is 5.69. The molecule has 1 fully saturated rings. The number of amides is 2. The number of carbonyl (C=O) groups is 2. The van der Waals surface area contributed by atoms with Gasteiger partial charge < -0.3 is 15.1 Å². The Hall–Kier alpha value is -2.09. The first-order valence-corrected chi connectivity index (χ1v) is 7.17. The second kappa shape index (κ2) is 6.99. The molecule has 2 amide bonds. The normalized spacial score (nSPS) is 17.9. The van der Waals surface area contributed by atoms with Gasteiger partial charge in [-0.05, 0) is 26.2 Å². The largest absolute Gasteiger partial charge is 0.355 e. The summed E-state index contributed by atoms with van der Waals surface area (Å²) in [7, 11) is 3.72. The molecule has 1 aliphatic rings. The summed E-state index contributed by atoms with van der Waals surface area (Å²) in [4.78, 5) is 26.9. The van der Waals surface area contributed by atoms with E-state index in [1.165, 1.54) is 0 Å². The average Bonchev–Trinajstić information content (AvgIpc) is 2.86. The van der Waals surface area contributed by atoms with Crippen LogP contribution in [0.1, 0.15) is 6.42 Å². The topological polar surface area (TPSA) is 52.7 Å². The summed E-state index contributed by atoms with van der Waals surface area (Å²) in [5, 5.41) is 2.70. The van der Waals surface area contributed by atoms with Crippen LogP contribution >= 0.6 is 0 Å². The van der Waals surface area contributed by atoms with Gasteiger partial charge in [0.05, 0.1) is 11.6 Å². The van der Waals surface area contributed by atoms with E-state index in [1.54, 1.807) is 0 Å². The number of carbonyl (C=O) groups excluding carboxylic acids is 2. The molecule has 0 aromatic heterocycles. The first kappa shape index (κ1) is 17.3. The zero-order chi connectivity index (χ0) is 17.1. The summed E-state index contributed by atoms with van der Waals surface area (Å²) in [6.07, 6.45) is -0.0910. The van der Waals surface area contributed by atoms with Crippen LogP contribution in [-0.4, -0.2) is 50.4 Å². The Morgan fingerprint density at radius 2 is 2.00 bits per heavy atom. The monoisotopic (exact) mass is 329 g/mol. The summed E-state index contributed by atoms with van der Waals surface area (Å²) < 4.78 is 40.1. The highest BCUT2D eigenvalue weighted by Gasteiger charge is 2.36. The van der Waals surface area contributed by atoms with E-state index < -0.39 is 29.3 Å². The number of anilines is 1. The fourth-order valence-electron chi connectivity index (χ4n) is 2.39. The predicted octanol–water partition coefficient (Wildman–Crippen LogP) is 1.13. The van der Waals surface area contributed by atoms with Gasteiger partial charge in [-0.2, -0.15) is 0 Å². The van der Waals surface area contributed by atoms with Gasteiger partial charge in [0, 0.05) is 26.1 Å². The quantitative estimate of drug-likeness (QED) is 0.824. The number of nitrogens with zero attached hydrogens (tertiary/aromatic N) is 2. The first-order chi connectivity index (χ1) is 10.8. The molecule has 1 aromatic rings. The van der Waals surface area contributed by atoms with Crippen LogP contribution < -0.4 is 10.2 Å². The molecular formula is C15H18F3N3O2. The smallest absolute Gasteiger partial charge is 0.227 e. The summed E-state index contributed by atoms with van der Waals surface area (Å²) in [5.41, 5.74) is -0.350. The Morgan fingerprint density at radius 1 is 1.30 bits per heavy atom. The predicted molar refractivity (Wildman–Crippen MR) is 78.3 cm³/mol. The highest BCUT2D eigenvalue weighted by Crippen LogP contribution is 2.29. The van der Waals surface area contributed by atoms with Gasteiger partial charge in [-0.25, -0.2) is 13.2 Å². The molecule has 0 bridgehead atoms. The van der Waals surface area contributed by atoms with Crippen molar-refractivity contribution in [1.29, 1.82) is 0 Å². The Bertz CT molecular complexity index is 622. The zero-order valence-electron chi connectivity index (χ0n) is 12.9. The number of likely N-dealkylation sites (N-methyl/N-ethyl adjacent to an activating group) is 1. The van der Waals surface area contributed by atoms with Crippen molar-refractivity contribution in [3.8, 4) is 0 Å². The minimum Gasteiger partial charge on any atom is -0.355 e. The molecule has 1 atom stereocenters. The van der Waals surface area contributed by atoms with Crippen molar-refractivity contribution in [2.75, 3.05) is 38.6 Å². The maximum atomic E-state index is 13.8. The molecule has 1 unspecified atom stereocenters. The van der Waals surface area contributed by atoms with Gasteiger partial charge >= 0.3 is 0 Å². The van der Waals surface area contributed by atoms with E-state index in [0.717, 1.165) is 17.0 Å². The van der Waals surface area contributed by atoms with Gasteiger partial charge in [0.2, 0.25) is 11.8 Å². The Balaban J connectivity index is 2.06. The average molecular weight is 329 g/mol. The van der Waals surface area contributed by atoms with E-state index in [1.807, 2.05) is 19.0 Å². The lowest BCUT2D eigenvalue weighted by Crippen LogP contribution is -2.36. The molecule has 1 aliphatic heterocycles. The summed E-state index contributed by atoms with van der Waals surface area (Å²) in [5.74, 6) is -5.83. The van der Waals surface area contributed by atoms with Crippen molar-refractivity contribution in [2.45, 2.75) is 6.42 Å². The van der Waals surface area contributed by atoms with Crippen LogP contribution in [0.25, 0.3) is 0 Å². The van der Waals surface area contributed by atoms with Crippen molar-refractivity contribution in [3.63, 3.8) is 0 Å². The van der Waals surface area contributed by atoms with Crippen molar-refractivity contribution in [1.82, 2.24) is 10.2 Å². The molecule has 5 nitrogen and oxygen atoms in total. The van der Waals surface area contributed by atoms with E-state index >= 15 is 0 Å². The van der Waals surface area contributed by atoms with E-state index in [2.05, 4.69) is 5.32 Å². The van der Waals surface area contributed by atoms with Crippen LogP contribution in [0, 0.1) is 23.4 Å². The van der Waals surface area contributed by atoms with Gasteiger partial charge in [-0.1, -0.05) is 0 Å². The number of halogens is 3. The van der Waals surface area contributed by atoms with Crippen LogP contribution in [0.2, 0.25) is 0 Å². The number of hydrogen-bond donors (Lipinski definition) is 1. The molecule has 0 saturated carbocycles. The van der Waals surface area contributed by atoms with Crippen LogP contribution in [0.5, 0.6) is 0 Å². The summed E-state index contributed by atoms with van der Waals surface area (Å²) in [6, 6.07) is 1.75. The van der Waals surface area contributed by atoms with Gasteiger partial charge in [0.25, 0.3) is 0 Å². The lowest BCUT2D eigenvalue weighted by Gasteiger charge is -2.18. The number of benzene rings is 1. The molecule has 1 N–H and O–H groups in total. The highest BCUT2D eigenvalue weighted by atomic mass is 19.2. The van der Waals surface area contributed by atoms with E-state index in [0.29, 0.717) is 13.1 Å². The third kappa shape index (κ3) is 3.82. The lowest BCUT2D eigenvalue weighted by atomic mass is 10.1. The Kier molecular flexibility index (Phi) is 5.25. The fraction of sp³-hybridized carbons (Fsp3) is 0.467. The molecule has 8 heteroatoms. The van der Waals surface area contributed by atoms with Crippen LogP contribution in [0.3, 0.4) is 0 Å². The molecule has 23 heavy (non-hydrogen) atoms. The standard InChI is InChI=1S/C15H18F3N3O2/c1-20(2)6-5-19-15(23)9-7-12(22)21(8-9)11-4-3-10(16)13(17)14(11)18/h3-4,9H,5-8H2,1-2H3,(H,19,23). The third-order valence-corrected chi connectivity index (χ3v) is 3.66. The molecule has 0 radical (unpaired) electrons. The molecule has 0 spiro atoms. The molecule has 0 aliphatic carbocycles. The fourth-order valence-corrected chi connectivity index (χ4v) is 2.39. The maximum absolute atomic E-state index is 13.8. The first-order valence-electron chi connectivity index (χ1n) is 7.17. The van der Waals surface area contributed by atoms with Crippen molar-refractivity contribution >= 4 is 17.5 Å². The molecule has 126 valence electrons. The van der Waals surface area contributed by atoms with Crippen molar-refractivity contribution in [2.24, 2.45) is 5.92 Å². The molecule has 2 rings (SSSR count). The van der Waals surface area contributed by atoms with E-state index in [9.17, 15) is 22.8 Å². The maximum Gasteiger partial charge on any atom is 0.227 e. The van der Waals surface area contributed by atoms with Crippen LogP contribution in [0.15, 0.2) is 12.1 Å². The van der Waals surface area contributed by atoms with Gasteiger partial charge in [0.1, 0.15) is 0 Å². The molecule has 1 aromatic carbocycles. The van der Waals surface area contributed by atoms with Crippen LogP contribution in [0.4, 0.5) is 18.9 Å². The number of hydrogen-bond acceptors (Lipinski definition) is 3. The van der Waals surface area contributed by atoms with Gasteiger partial charge in [0.15, 0.2) is 17.5 Å². The molecule has 1 heterocycles. The minimum absolute atomic E-state index is 0.0609. The van der Waals surface area contributed by atoms with Gasteiger partial charge in [-0.15, -0.1) is 0 Å². The highest BCUT2D eigenvalue weighted by molar-refractivity contribution is 6.00. The Morgan fingerprint density at radius 3 is 2.65 bits per heavy atom. The van der Waals surface area contributed by atoms with Crippen LogP contribution in [-0.2, 0) is 9.59 Å². The van der Waals surface area contributed by atoms with Crippen molar-refractivity contribution < 1.29 is 22.8 Å². The zero-order valence-corrected chi connectivity index (χ0v) is 12.9. The van der Waals surface area contributed by atoms with Crippen molar-refractivity contribution in [3.05, 3.63) is 29.6 Å². The Labute approximate surface area is 132 Å². The lowest BCUT2D eigenvalue weighted by molar-refractivity contribution is -0.126.